The maximum atomic E-state index is 9.65. The summed E-state index contributed by atoms with van der Waals surface area (Å²) in [5.74, 6) is 0.618. The molecule has 0 amide bonds. The van der Waals surface area contributed by atoms with Crippen molar-refractivity contribution in [2.75, 3.05) is 20.7 Å². The summed E-state index contributed by atoms with van der Waals surface area (Å²) in [7, 11) is 3.35. The van der Waals surface area contributed by atoms with Gasteiger partial charge in [-0.15, -0.1) is 0 Å². The summed E-state index contributed by atoms with van der Waals surface area (Å²) in [4.78, 5) is 0. The molecule has 0 spiro atoms. The van der Waals surface area contributed by atoms with E-state index in [1.165, 1.54) is 0 Å². The smallest absolute Gasteiger partial charge is 0.137 e. The number of methoxy groups -OCH3 is 1. The van der Waals surface area contributed by atoms with Gasteiger partial charge in [-0.25, -0.2) is 0 Å². The minimum atomic E-state index is -0.539. The maximum Gasteiger partial charge on any atom is 0.137 e. The number of benzene rings is 1. The summed E-state index contributed by atoms with van der Waals surface area (Å²) in [6.45, 7) is 0.503. The lowest BCUT2D eigenvalue weighted by atomic mass is 10.1. The third kappa shape index (κ3) is 2.61. The van der Waals surface area contributed by atoms with Gasteiger partial charge in [-0.1, -0.05) is 17.7 Å². The molecule has 1 aromatic carbocycles. The number of ether oxygens (including phenoxy) is 1. The van der Waals surface area contributed by atoms with Gasteiger partial charge in [0, 0.05) is 6.54 Å². The summed E-state index contributed by atoms with van der Waals surface area (Å²) >= 11 is 5.92. The normalized spacial score (nSPS) is 12.6. The average Bonchev–Trinajstić information content (AvgIpc) is 2.18. The van der Waals surface area contributed by atoms with Crippen LogP contribution in [0.3, 0.4) is 0 Å². The molecule has 4 heteroatoms. The Morgan fingerprint density at radius 1 is 1.57 bits per heavy atom. The molecule has 0 saturated heterocycles. The second-order valence-electron chi connectivity index (χ2n) is 2.97. The molecule has 0 radical (unpaired) electrons. The van der Waals surface area contributed by atoms with Crippen molar-refractivity contribution in [2.24, 2.45) is 0 Å². The van der Waals surface area contributed by atoms with E-state index in [0.29, 0.717) is 17.3 Å². The van der Waals surface area contributed by atoms with E-state index in [-0.39, 0.29) is 0 Å². The zero-order valence-electron chi connectivity index (χ0n) is 8.25. The van der Waals surface area contributed by atoms with Crippen LogP contribution < -0.4 is 10.1 Å². The Morgan fingerprint density at radius 2 is 2.29 bits per heavy atom. The highest BCUT2D eigenvalue weighted by molar-refractivity contribution is 6.32. The molecule has 78 valence electrons. The van der Waals surface area contributed by atoms with Crippen molar-refractivity contribution in [1.82, 2.24) is 5.32 Å². The molecule has 2 N–H and O–H groups in total. The summed E-state index contributed by atoms with van der Waals surface area (Å²) in [5.41, 5.74) is 0.783. The lowest BCUT2D eigenvalue weighted by molar-refractivity contribution is 0.177. The second-order valence-corrected chi connectivity index (χ2v) is 3.37. The third-order valence-corrected chi connectivity index (χ3v) is 2.25. The quantitative estimate of drug-likeness (QED) is 0.802. The minimum absolute atomic E-state index is 0.503. The number of rotatable bonds is 4. The van der Waals surface area contributed by atoms with Crippen LogP contribution in [0, 0.1) is 0 Å². The third-order valence-electron chi connectivity index (χ3n) is 1.96. The van der Waals surface area contributed by atoms with Gasteiger partial charge in [-0.3, -0.25) is 0 Å². The van der Waals surface area contributed by atoms with Crippen molar-refractivity contribution in [2.45, 2.75) is 6.10 Å². The monoisotopic (exact) mass is 215 g/mol. The van der Waals surface area contributed by atoms with Crippen LogP contribution in [0.1, 0.15) is 11.7 Å². The maximum absolute atomic E-state index is 9.65. The van der Waals surface area contributed by atoms with Crippen molar-refractivity contribution in [3.05, 3.63) is 28.8 Å². The van der Waals surface area contributed by atoms with Gasteiger partial charge in [0.2, 0.25) is 0 Å². The first kappa shape index (κ1) is 11.3. The highest BCUT2D eigenvalue weighted by Crippen LogP contribution is 2.27. The SMILES string of the molecule is CNCC(O)c1ccc(OC)c(Cl)c1. The predicted molar refractivity (Wildman–Crippen MR) is 56.9 cm³/mol. The Hall–Kier alpha value is -0.770. The van der Waals surface area contributed by atoms with E-state index in [4.69, 9.17) is 16.3 Å². The first-order valence-electron chi connectivity index (χ1n) is 4.35. The Morgan fingerprint density at radius 3 is 2.79 bits per heavy atom. The molecule has 0 aromatic heterocycles. The molecule has 1 rings (SSSR count). The lowest BCUT2D eigenvalue weighted by Gasteiger charge is -2.11. The molecule has 1 unspecified atom stereocenters. The van der Waals surface area contributed by atoms with Crippen molar-refractivity contribution in [1.29, 1.82) is 0 Å². The molecule has 1 aromatic rings. The Labute approximate surface area is 88.7 Å². The van der Waals surface area contributed by atoms with E-state index >= 15 is 0 Å². The zero-order chi connectivity index (χ0) is 10.6. The van der Waals surface area contributed by atoms with Gasteiger partial charge in [-0.05, 0) is 24.7 Å². The fourth-order valence-electron chi connectivity index (χ4n) is 1.20. The predicted octanol–water partition coefficient (Wildman–Crippen LogP) is 1.60. The highest BCUT2D eigenvalue weighted by atomic mass is 35.5. The van der Waals surface area contributed by atoms with E-state index in [9.17, 15) is 5.11 Å². The van der Waals surface area contributed by atoms with Crippen molar-refractivity contribution in [3.8, 4) is 5.75 Å². The zero-order valence-corrected chi connectivity index (χ0v) is 9.01. The van der Waals surface area contributed by atoms with Crippen molar-refractivity contribution in [3.63, 3.8) is 0 Å². The molecule has 1 atom stereocenters. The van der Waals surface area contributed by atoms with Gasteiger partial charge in [0.05, 0.1) is 18.2 Å². The average molecular weight is 216 g/mol. The van der Waals surface area contributed by atoms with Crippen LogP contribution in [0.25, 0.3) is 0 Å². The Kier molecular flexibility index (Phi) is 4.20. The summed E-state index contributed by atoms with van der Waals surface area (Å²) in [5, 5.41) is 13.1. The molecule has 0 fully saturated rings. The van der Waals surface area contributed by atoms with Gasteiger partial charge in [0.15, 0.2) is 0 Å². The number of halogens is 1. The lowest BCUT2D eigenvalue weighted by Crippen LogP contribution is -2.16. The molecule has 0 bridgehead atoms. The highest BCUT2D eigenvalue weighted by Gasteiger charge is 2.08. The molecule has 0 heterocycles. The number of hydrogen-bond donors (Lipinski definition) is 2. The molecule has 0 aliphatic heterocycles. The van der Waals surface area contributed by atoms with E-state index in [1.807, 2.05) is 0 Å². The number of hydrogen-bond acceptors (Lipinski definition) is 3. The van der Waals surface area contributed by atoms with E-state index in [2.05, 4.69) is 5.32 Å². The topological polar surface area (TPSA) is 41.5 Å². The van der Waals surface area contributed by atoms with E-state index < -0.39 is 6.10 Å². The van der Waals surface area contributed by atoms with Crippen LogP contribution in [0.2, 0.25) is 5.02 Å². The number of aliphatic hydroxyl groups excluding tert-OH is 1. The van der Waals surface area contributed by atoms with Crippen LogP contribution in [-0.2, 0) is 0 Å². The standard InChI is InChI=1S/C10H14ClNO2/c1-12-6-9(13)7-3-4-10(14-2)8(11)5-7/h3-5,9,12-13H,6H2,1-2H3. The molecule has 14 heavy (non-hydrogen) atoms. The molecule has 0 aliphatic carbocycles. The summed E-state index contributed by atoms with van der Waals surface area (Å²) in [6, 6.07) is 5.26. The van der Waals surface area contributed by atoms with Gasteiger partial charge in [0.1, 0.15) is 5.75 Å². The first-order valence-corrected chi connectivity index (χ1v) is 4.73. The Bertz CT molecular complexity index is 304. The van der Waals surface area contributed by atoms with Crippen LogP contribution >= 0.6 is 11.6 Å². The largest absolute Gasteiger partial charge is 0.495 e. The second kappa shape index (κ2) is 5.20. The molecule has 0 saturated carbocycles. The number of aliphatic hydroxyl groups is 1. The fraction of sp³-hybridized carbons (Fsp3) is 0.400. The van der Waals surface area contributed by atoms with Gasteiger partial charge >= 0.3 is 0 Å². The van der Waals surface area contributed by atoms with Gasteiger partial charge in [-0.2, -0.15) is 0 Å². The fourth-order valence-corrected chi connectivity index (χ4v) is 1.47. The van der Waals surface area contributed by atoms with E-state index in [0.717, 1.165) is 5.56 Å². The number of nitrogens with one attached hydrogen (secondary N) is 1. The van der Waals surface area contributed by atoms with Crippen molar-refractivity contribution >= 4 is 11.6 Å². The van der Waals surface area contributed by atoms with Crippen LogP contribution in [0.5, 0.6) is 5.75 Å². The Balaban J connectivity index is 2.85. The number of likely N-dealkylation sites (N-methyl/N-ethyl adjacent to an activating group) is 1. The van der Waals surface area contributed by atoms with Crippen LogP contribution in [0.4, 0.5) is 0 Å². The molecular weight excluding hydrogens is 202 g/mol. The van der Waals surface area contributed by atoms with Crippen molar-refractivity contribution < 1.29 is 9.84 Å². The minimum Gasteiger partial charge on any atom is -0.495 e. The first-order chi connectivity index (χ1) is 6.69. The van der Waals surface area contributed by atoms with Crippen LogP contribution in [0.15, 0.2) is 18.2 Å². The van der Waals surface area contributed by atoms with E-state index in [1.54, 1.807) is 32.4 Å². The summed E-state index contributed by atoms with van der Waals surface area (Å²) in [6.07, 6.45) is -0.539. The molecule has 0 aliphatic rings. The molecule has 3 nitrogen and oxygen atoms in total. The van der Waals surface area contributed by atoms with Gasteiger partial charge in [0.25, 0.3) is 0 Å². The van der Waals surface area contributed by atoms with Gasteiger partial charge < -0.3 is 15.2 Å². The van der Waals surface area contributed by atoms with Crippen LogP contribution in [-0.4, -0.2) is 25.8 Å². The molecular formula is C10H14ClNO2. The summed E-state index contributed by atoms with van der Waals surface area (Å²) < 4.78 is 5.01.